The van der Waals surface area contributed by atoms with Crippen LogP contribution < -0.4 is 10.1 Å². The summed E-state index contributed by atoms with van der Waals surface area (Å²) in [7, 11) is 1.40. The molecule has 1 aromatic carbocycles. The third kappa shape index (κ3) is 3.74. The van der Waals surface area contributed by atoms with Gasteiger partial charge in [-0.25, -0.2) is 0 Å². The number of rotatable bonds is 5. The molecule has 98 valence electrons. The van der Waals surface area contributed by atoms with Crippen molar-refractivity contribution in [3.63, 3.8) is 0 Å². The molecule has 4 nitrogen and oxygen atoms in total. The van der Waals surface area contributed by atoms with Gasteiger partial charge in [0.1, 0.15) is 12.4 Å². The second-order valence-electron chi connectivity index (χ2n) is 4.50. The van der Waals surface area contributed by atoms with E-state index in [1.807, 2.05) is 24.3 Å². The highest BCUT2D eigenvalue weighted by Crippen LogP contribution is 2.14. The number of hydrogen-bond acceptors (Lipinski definition) is 4. The zero-order chi connectivity index (χ0) is 12.8. The number of nitrogens with one attached hydrogen (secondary N) is 1. The van der Waals surface area contributed by atoms with Crippen LogP contribution in [0.3, 0.4) is 0 Å². The molecular weight excluding hydrogens is 230 g/mol. The van der Waals surface area contributed by atoms with Gasteiger partial charge in [0.25, 0.3) is 0 Å². The summed E-state index contributed by atoms with van der Waals surface area (Å²) in [6, 6.07) is 8.06. The Kier molecular flexibility index (Phi) is 4.59. The monoisotopic (exact) mass is 249 g/mol. The molecule has 1 aliphatic rings. The van der Waals surface area contributed by atoms with Crippen LogP contribution in [0.5, 0.6) is 5.75 Å². The van der Waals surface area contributed by atoms with Crippen LogP contribution in [-0.4, -0.2) is 32.3 Å². The van der Waals surface area contributed by atoms with E-state index in [4.69, 9.17) is 4.74 Å². The van der Waals surface area contributed by atoms with Gasteiger partial charge in [0.15, 0.2) is 0 Å². The number of ether oxygens (including phenoxy) is 2. The van der Waals surface area contributed by atoms with E-state index in [2.05, 4.69) is 10.1 Å². The van der Waals surface area contributed by atoms with Gasteiger partial charge >= 0.3 is 5.97 Å². The molecule has 0 spiro atoms. The second-order valence-corrected chi connectivity index (χ2v) is 4.50. The number of esters is 1. The number of carbonyl (C=O) groups is 1. The van der Waals surface area contributed by atoms with Gasteiger partial charge in [0.05, 0.1) is 13.5 Å². The third-order valence-electron chi connectivity index (χ3n) is 3.11. The summed E-state index contributed by atoms with van der Waals surface area (Å²) >= 11 is 0. The number of benzene rings is 1. The molecule has 1 fully saturated rings. The molecule has 1 heterocycles. The first-order chi connectivity index (χ1) is 8.78. The van der Waals surface area contributed by atoms with Gasteiger partial charge in [-0.1, -0.05) is 12.1 Å². The maximum atomic E-state index is 11.1. The molecule has 0 saturated carbocycles. The summed E-state index contributed by atoms with van der Waals surface area (Å²) < 4.78 is 10.3. The molecule has 0 radical (unpaired) electrons. The van der Waals surface area contributed by atoms with Crippen LogP contribution in [0.1, 0.15) is 18.4 Å². The highest BCUT2D eigenvalue weighted by molar-refractivity contribution is 5.72. The van der Waals surface area contributed by atoms with Crippen LogP contribution in [0.15, 0.2) is 24.3 Å². The molecule has 4 heteroatoms. The van der Waals surface area contributed by atoms with Crippen molar-refractivity contribution in [1.82, 2.24) is 5.32 Å². The average molecular weight is 249 g/mol. The van der Waals surface area contributed by atoms with Crippen molar-refractivity contribution in [2.45, 2.75) is 25.3 Å². The van der Waals surface area contributed by atoms with E-state index in [9.17, 15) is 4.79 Å². The van der Waals surface area contributed by atoms with Crippen LogP contribution in [0.25, 0.3) is 0 Å². The smallest absolute Gasteiger partial charge is 0.309 e. The zero-order valence-electron chi connectivity index (χ0n) is 10.6. The van der Waals surface area contributed by atoms with Crippen molar-refractivity contribution in [2.75, 3.05) is 20.3 Å². The van der Waals surface area contributed by atoms with Crippen LogP contribution in [-0.2, 0) is 16.0 Å². The molecule has 18 heavy (non-hydrogen) atoms. The molecule has 0 aromatic heterocycles. The fraction of sp³-hybridized carbons (Fsp3) is 0.500. The van der Waals surface area contributed by atoms with Crippen molar-refractivity contribution in [1.29, 1.82) is 0 Å². The minimum absolute atomic E-state index is 0.223. The van der Waals surface area contributed by atoms with Crippen molar-refractivity contribution in [3.05, 3.63) is 29.8 Å². The molecule has 1 unspecified atom stereocenters. The lowest BCUT2D eigenvalue weighted by Gasteiger charge is -2.12. The molecule has 1 aromatic rings. The lowest BCUT2D eigenvalue weighted by atomic mass is 10.1. The second kappa shape index (κ2) is 6.40. The highest BCUT2D eigenvalue weighted by Gasteiger charge is 2.14. The number of carbonyl (C=O) groups excluding carboxylic acids is 1. The van der Waals surface area contributed by atoms with E-state index in [0.29, 0.717) is 19.1 Å². The lowest BCUT2D eigenvalue weighted by Crippen LogP contribution is -2.28. The Bertz CT molecular complexity index is 383. The average Bonchev–Trinajstić information content (AvgIpc) is 2.91. The number of hydrogen-bond donors (Lipinski definition) is 1. The van der Waals surface area contributed by atoms with E-state index in [1.54, 1.807) is 0 Å². The Hall–Kier alpha value is -1.55. The van der Waals surface area contributed by atoms with Gasteiger partial charge in [-0.2, -0.15) is 0 Å². The van der Waals surface area contributed by atoms with Gasteiger partial charge in [-0.05, 0) is 37.1 Å². The minimum Gasteiger partial charge on any atom is -0.492 e. The molecule has 0 bridgehead atoms. The largest absolute Gasteiger partial charge is 0.492 e. The van der Waals surface area contributed by atoms with E-state index in [0.717, 1.165) is 17.9 Å². The Balaban J connectivity index is 1.81. The predicted octanol–water partition coefficient (Wildman–Crippen LogP) is 1.53. The molecule has 0 amide bonds. The fourth-order valence-electron chi connectivity index (χ4n) is 2.04. The molecule has 1 N–H and O–H groups in total. The van der Waals surface area contributed by atoms with Gasteiger partial charge in [0.2, 0.25) is 0 Å². The third-order valence-corrected chi connectivity index (χ3v) is 3.11. The van der Waals surface area contributed by atoms with Crippen LogP contribution >= 0.6 is 0 Å². The Morgan fingerprint density at radius 3 is 2.78 bits per heavy atom. The van der Waals surface area contributed by atoms with Gasteiger partial charge in [-0.3, -0.25) is 4.79 Å². The van der Waals surface area contributed by atoms with Crippen LogP contribution in [0.4, 0.5) is 0 Å². The quantitative estimate of drug-likeness (QED) is 0.804. The van der Waals surface area contributed by atoms with Crippen molar-refractivity contribution in [2.24, 2.45) is 0 Å². The Morgan fingerprint density at radius 2 is 2.17 bits per heavy atom. The minimum atomic E-state index is -0.223. The van der Waals surface area contributed by atoms with Crippen LogP contribution in [0, 0.1) is 0 Å². The fourth-order valence-corrected chi connectivity index (χ4v) is 2.04. The Morgan fingerprint density at radius 1 is 1.39 bits per heavy atom. The van der Waals surface area contributed by atoms with Crippen molar-refractivity contribution >= 4 is 5.97 Å². The molecule has 2 rings (SSSR count). The number of methoxy groups -OCH3 is 1. The predicted molar refractivity (Wildman–Crippen MR) is 68.7 cm³/mol. The summed E-state index contributed by atoms with van der Waals surface area (Å²) in [4.78, 5) is 11.1. The van der Waals surface area contributed by atoms with Gasteiger partial charge < -0.3 is 14.8 Å². The van der Waals surface area contributed by atoms with Gasteiger partial charge in [0, 0.05) is 6.04 Å². The van der Waals surface area contributed by atoms with E-state index < -0.39 is 0 Å². The maximum Gasteiger partial charge on any atom is 0.309 e. The zero-order valence-corrected chi connectivity index (χ0v) is 10.6. The normalized spacial score (nSPS) is 18.6. The first kappa shape index (κ1) is 12.9. The molecule has 1 saturated heterocycles. The maximum absolute atomic E-state index is 11.1. The Labute approximate surface area is 107 Å². The summed E-state index contributed by atoms with van der Waals surface area (Å²) in [5.74, 6) is 0.621. The highest BCUT2D eigenvalue weighted by atomic mass is 16.5. The summed E-state index contributed by atoms with van der Waals surface area (Å²) in [6.07, 6.45) is 2.72. The van der Waals surface area contributed by atoms with Gasteiger partial charge in [-0.15, -0.1) is 0 Å². The first-order valence-corrected chi connectivity index (χ1v) is 6.30. The molecular formula is C14H19NO3. The van der Waals surface area contributed by atoms with E-state index >= 15 is 0 Å². The van der Waals surface area contributed by atoms with E-state index in [-0.39, 0.29) is 5.97 Å². The first-order valence-electron chi connectivity index (χ1n) is 6.30. The summed E-state index contributed by atoms with van der Waals surface area (Å²) in [5.41, 5.74) is 0.938. The standard InChI is InChI=1S/C14H19NO3/c1-17-14(16)9-11-4-6-13(7-5-11)18-10-12-3-2-8-15-12/h4-7,12,15H,2-3,8-10H2,1H3. The van der Waals surface area contributed by atoms with E-state index in [1.165, 1.54) is 20.0 Å². The van der Waals surface area contributed by atoms with Crippen molar-refractivity contribution in [3.8, 4) is 5.75 Å². The summed E-state index contributed by atoms with van der Waals surface area (Å²) in [5, 5.41) is 3.39. The molecule has 1 atom stereocenters. The molecule has 1 aliphatic heterocycles. The summed E-state index contributed by atoms with van der Waals surface area (Å²) in [6.45, 7) is 1.79. The van der Waals surface area contributed by atoms with Crippen molar-refractivity contribution < 1.29 is 14.3 Å². The SMILES string of the molecule is COC(=O)Cc1ccc(OCC2CCCN2)cc1. The lowest BCUT2D eigenvalue weighted by molar-refractivity contribution is -0.139. The molecule has 0 aliphatic carbocycles. The topological polar surface area (TPSA) is 47.6 Å². The van der Waals surface area contributed by atoms with Crippen LogP contribution in [0.2, 0.25) is 0 Å².